The zero-order valence-corrected chi connectivity index (χ0v) is 10.5. The highest BCUT2D eigenvalue weighted by Gasteiger charge is 2.46. The Kier molecular flexibility index (Phi) is 3.22. The first-order chi connectivity index (χ1) is 7.59. The monoisotopic (exact) mass is 226 g/mol. The Labute approximate surface area is 97.3 Å². The van der Waals surface area contributed by atoms with Gasteiger partial charge >= 0.3 is 0 Å². The van der Waals surface area contributed by atoms with Crippen LogP contribution in [0, 0.1) is 0 Å². The van der Waals surface area contributed by atoms with E-state index in [9.17, 15) is 4.79 Å². The molecule has 3 atom stereocenters. The second-order valence-electron chi connectivity index (χ2n) is 5.09. The van der Waals surface area contributed by atoms with Crippen LogP contribution in [-0.2, 0) is 9.53 Å². The Morgan fingerprint density at radius 1 is 1.56 bits per heavy atom. The van der Waals surface area contributed by atoms with Crippen LogP contribution in [0.5, 0.6) is 0 Å². The molecule has 2 rings (SSSR count). The minimum atomic E-state index is -0.105. The summed E-state index contributed by atoms with van der Waals surface area (Å²) in [6, 6.07) is -0.00150. The van der Waals surface area contributed by atoms with Crippen LogP contribution in [0.3, 0.4) is 0 Å². The molecule has 0 aromatic carbocycles. The van der Waals surface area contributed by atoms with Gasteiger partial charge in [-0.3, -0.25) is 4.79 Å². The molecule has 0 aromatic heterocycles. The number of hydrogen-bond donors (Lipinski definition) is 1. The maximum Gasteiger partial charge on any atom is 0.240 e. The van der Waals surface area contributed by atoms with Crippen molar-refractivity contribution in [2.45, 2.75) is 50.8 Å². The number of rotatable bonds is 2. The lowest BCUT2D eigenvalue weighted by molar-refractivity contribution is -0.144. The van der Waals surface area contributed by atoms with E-state index in [4.69, 9.17) is 4.74 Å². The van der Waals surface area contributed by atoms with Gasteiger partial charge < -0.3 is 15.0 Å². The normalized spacial score (nSPS) is 40.4. The molecule has 0 spiro atoms. The summed E-state index contributed by atoms with van der Waals surface area (Å²) in [6.07, 6.45) is 3.14. The SMILES string of the molecule is CNC1CCCN(C2(C)CCOC2C)C1=O. The summed E-state index contributed by atoms with van der Waals surface area (Å²) < 4.78 is 5.62. The fourth-order valence-electron chi connectivity index (χ4n) is 2.83. The molecule has 2 heterocycles. The highest BCUT2D eigenvalue weighted by atomic mass is 16.5. The number of likely N-dealkylation sites (N-methyl/N-ethyl adjacent to an activating group) is 1. The number of nitrogens with one attached hydrogen (secondary N) is 1. The zero-order chi connectivity index (χ0) is 11.8. The van der Waals surface area contributed by atoms with Crippen LogP contribution in [-0.4, -0.2) is 48.7 Å². The average Bonchev–Trinajstić information content (AvgIpc) is 2.60. The highest BCUT2D eigenvalue weighted by Crippen LogP contribution is 2.34. The van der Waals surface area contributed by atoms with Gasteiger partial charge in [-0.05, 0) is 40.2 Å². The molecule has 0 aromatic rings. The molecule has 4 heteroatoms. The maximum absolute atomic E-state index is 12.3. The Balaban J connectivity index is 2.16. The number of amides is 1. The fraction of sp³-hybridized carbons (Fsp3) is 0.917. The van der Waals surface area contributed by atoms with Gasteiger partial charge in [-0.2, -0.15) is 0 Å². The number of ether oxygens (including phenoxy) is 1. The summed E-state index contributed by atoms with van der Waals surface area (Å²) in [5.41, 5.74) is -0.105. The molecule has 4 nitrogen and oxygen atoms in total. The lowest BCUT2D eigenvalue weighted by Crippen LogP contribution is -2.60. The molecule has 3 unspecified atom stereocenters. The van der Waals surface area contributed by atoms with E-state index in [0.717, 1.165) is 32.4 Å². The average molecular weight is 226 g/mol. The number of nitrogens with zero attached hydrogens (tertiary/aromatic N) is 1. The topological polar surface area (TPSA) is 41.6 Å². The van der Waals surface area contributed by atoms with Crippen molar-refractivity contribution in [3.63, 3.8) is 0 Å². The predicted octanol–water partition coefficient (Wildman–Crippen LogP) is 0.764. The molecule has 16 heavy (non-hydrogen) atoms. The van der Waals surface area contributed by atoms with E-state index in [2.05, 4.69) is 19.2 Å². The summed E-state index contributed by atoms with van der Waals surface area (Å²) in [5.74, 6) is 0.244. The standard InChI is InChI=1S/C12H22N2O2/c1-9-12(2,6-8-16-9)14-7-4-5-10(13-3)11(14)15/h9-10,13H,4-8H2,1-3H3. The van der Waals surface area contributed by atoms with Crippen LogP contribution >= 0.6 is 0 Å². The quantitative estimate of drug-likeness (QED) is 0.756. The second kappa shape index (κ2) is 4.34. The molecule has 2 fully saturated rings. The number of piperidine rings is 1. The summed E-state index contributed by atoms with van der Waals surface area (Å²) in [7, 11) is 1.86. The predicted molar refractivity (Wildman–Crippen MR) is 62.2 cm³/mol. The third-order valence-electron chi connectivity index (χ3n) is 4.26. The molecule has 0 bridgehead atoms. The Morgan fingerprint density at radius 2 is 2.31 bits per heavy atom. The van der Waals surface area contributed by atoms with Crippen molar-refractivity contribution in [1.29, 1.82) is 0 Å². The van der Waals surface area contributed by atoms with Crippen molar-refractivity contribution in [1.82, 2.24) is 10.2 Å². The lowest BCUT2D eigenvalue weighted by atomic mass is 9.89. The molecular formula is C12H22N2O2. The molecular weight excluding hydrogens is 204 g/mol. The molecule has 2 aliphatic rings. The van der Waals surface area contributed by atoms with Crippen LogP contribution in [0.4, 0.5) is 0 Å². The maximum atomic E-state index is 12.3. The molecule has 1 N–H and O–H groups in total. The van der Waals surface area contributed by atoms with E-state index < -0.39 is 0 Å². The lowest BCUT2D eigenvalue weighted by Gasteiger charge is -2.44. The minimum absolute atomic E-state index is 0.00150. The van der Waals surface area contributed by atoms with Crippen LogP contribution in [0.2, 0.25) is 0 Å². The van der Waals surface area contributed by atoms with Gasteiger partial charge in [0.1, 0.15) is 0 Å². The first-order valence-corrected chi connectivity index (χ1v) is 6.20. The largest absolute Gasteiger partial charge is 0.376 e. The van der Waals surface area contributed by atoms with E-state index >= 15 is 0 Å². The molecule has 2 saturated heterocycles. The number of hydrogen-bond acceptors (Lipinski definition) is 3. The minimum Gasteiger partial charge on any atom is -0.376 e. The smallest absolute Gasteiger partial charge is 0.240 e. The van der Waals surface area contributed by atoms with Crippen LogP contribution < -0.4 is 5.32 Å². The van der Waals surface area contributed by atoms with Gasteiger partial charge in [0.15, 0.2) is 0 Å². The van der Waals surface area contributed by atoms with Gasteiger partial charge in [0.2, 0.25) is 5.91 Å². The van der Waals surface area contributed by atoms with Gasteiger partial charge in [0.25, 0.3) is 0 Å². The first-order valence-electron chi connectivity index (χ1n) is 6.20. The summed E-state index contributed by atoms with van der Waals surface area (Å²) in [6.45, 7) is 5.87. The Bertz CT molecular complexity index is 282. The molecule has 0 radical (unpaired) electrons. The van der Waals surface area contributed by atoms with Gasteiger partial charge in [-0.25, -0.2) is 0 Å². The van der Waals surface area contributed by atoms with Crippen LogP contribution in [0.25, 0.3) is 0 Å². The summed E-state index contributed by atoms with van der Waals surface area (Å²) in [4.78, 5) is 14.3. The number of carbonyl (C=O) groups is 1. The van der Waals surface area contributed by atoms with E-state index in [1.807, 2.05) is 11.9 Å². The highest BCUT2D eigenvalue weighted by molar-refractivity contribution is 5.83. The third-order valence-corrected chi connectivity index (χ3v) is 4.26. The van der Waals surface area contributed by atoms with E-state index in [1.54, 1.807) is 0 Å². The van der Waals surface area contributed by atoms with Crippen molar-refractivity contribution in [3.8, 4) is 0 Å². The van der Waals surface area contributed by atoms with Gasteiger partial charge in [0.05, 0.1) is 17.7 Å². The van der Waals surface area contributed by atoms with E-state index in [1.165, 1.54) is 0 Å². The van der Waals surface area contributed by atoms with Crippen molar-refractivity contribution < 1.29 is 9.53 Å². The Morgan fingerprint density at radius 3 is 2.88 bits per heavy atom. The van der Waals surface area contributed by atoms with Gasteiger partial charge in [-0.15, -0.1) is 0 Å². The zero-order valence-electron chi connectivity index (χ0n) is 10.5. The molecule has 0 saturated carbocycles. The van der Waals surface area contributed by atoms with Crippen molar-refractivity contribution in [2.75, 3.05) is 20.2 Å². The molecule has 2 aliphatic heterocycles. The fourth-order valence-corrected chi connectivity index (χ4v) is 2.83. The number of likely N-dealkylation sites (tertiary alicyclic amines) is 1. The van der Waals surface area contributed by atoms with Gasteiger partial charge in [0, 0.05) is 13.2 Å². The third kappa shape index (κ3) is 1.74. The Hall–Kier alpha value is -0.610. The van der Waals surface area contributed by atoms with Crippen LogP contribution in [0.15, 0.2) is 0 Å². The molecule has 0 aliphatic carbocycles. The first kappa shape index (κ1) is 11.9. The van der Waals surface area contributed by atoms with Crippen molar-refractivity contribution >= 4 is 5.91 Å². The van der Waals surface area contributed by atoms with Crippen LogP contribution in [0.1, 0.15) is 33.1 Å². The molecule has 1 amide bonds. The second-order valence-corrected chi connectivity index (χ2v) is 5.09. The van der Waals surface area contributed by atoms with E-state index in [0.29, 0.717) is 0 Å². The van der Waals surface area contributed by atoms with Gasteiger partial charge in [-0.1, -0.05) is 0 Å². The summed E-state index contributed by atoms with van der Waals surface area (Å²) >= 11 is 0. The van der Waals surface area contributed by atoms with Crippen molar-refractivity contribution in [2.24, 2.45) is 0 Å². The summed E-state index contributed by atoms with van der Waals surface area (Å²) in [5, 5.41) is 3.11. The molecule has 92 valence electrons. The number of carbonyl (C=O) groups excluding carboxylic acids is 1. The van der Waals surface area contributed by atoms with Crippen molar-refractivity contribution in [3.05, 3.63) is 0 Å². The van der Waals surface area contributed by atoms with E-state index in [-0.39, 0.29) is 23.6 Å².